The van der Waals surface area contributed by atoms with Gasteiger partial charge in [0.05, 0.1) is 48.2 Å². The number of methoxy groups -OCH3 is 2. The van der Waals surface area contributed by atoms with Crippen LogP contribution in [0.1, 0.15) is 58.4 Å². The zero-order chi connectivity index (χ0) is 31.2. The SMILES string of the molecule is CCOC(=O)C1=C(C)N=c2s/c(=C/c3cc(C)n(-c4sc(C)c(C)c4C#N)c3C)c(=O)n2[C@@H]1c1ccc(OC)c(OC)c1. The number of hydrogen-bond donors (Lipinski definition) is 0. The molecule has 0 saturated heterocycles. The van der Waals surface area contributed by atoms with Crippen LogP contribution in [0.2, 0.25) is 0 Å². The number of aryl methyl sites for hydroxylation is 2. The van der Waals surface area contributed by atoms with Crippen molar-refractivity contribution in [1.82, 2.24) is 9.13 Å². The molecular weight excluding hydrogens is 585 g/mol. The van der Waals surface area contributed by atoms with Crippen molar-refractivity contribution in [3.8, 4) is 22.6 Å². The van der Waals surface area contributed by atoms with Gasteiger partial charge in [-0.05, 0) is 82.5 Å². The summed E-state index contributed by atoms with van der Waals surface area (Å²) in [5, 5.41) is 10.7. The molecule has 4 aromatic rings. The van der Waals surface area contributed by atoms with Crippen molar-refractivity contribution in [2.75, 3.05) is 20.8 Å². The standard InChI is InChI=1S/C32H32N4O5S2/c1-9-41-31(38)27-18(4)34-32-36(28(27)21-10-11-24(39-7)25(13-21)40-8)29(37)26(43-32)14-22-12-16(2)35(19(22)5)30-23(15-33)17(3)20(6)42-30/h10-14,28H,9H2,1-8H3/b26-14+/t28-/m1/s1. The molecule has 9 nitrogen and oxygen atoms in total. The largest absolute Gasteiger partial charge is 0.493 e. The molecule has 222 valence electrons. The van der Waals surface area contributed by atoms with Gasteiger partial charge in [0.15, 0.2) is 16.3 Å². The topological polar surface area (TPSA) is 108 Å². The highest BCUT2D eigenvalue weighted by atomic mass is 32.1. The second kappa shape index (κ2) is 11.7. The molecule has 1 aliphatic heterocycles. The van der Waals surface area contributed by atoms with Gasteiger partial charge in [0, 0.05) is 16.3 Å². The highest BCUT2D eigenvalue weighted by Crippen LogP contribution is 2.36. The lowest BCUT2D eigenvalue weighted by Crippen LogP contribution is -2.40. The number of thiophene rings is 1. The molecular formula is C32H32N4O5S2. The highest BCUT2D eigenvalue weighted by Gasteiger charge is 2.34. The molecule has 1 atom stereocenters. The number of esters is 1. The van der Waals surface area contributed by atoms with Crippen LogP contribution in [0.4, 0.5) is 0 Å². The number of fused-ring (bicyclic) bond motifs is 1. The molecule has 0 unspecified atom stereocenters. The number of thiazole rings is 1. The first-order valence-corrected chi connectivity index (χ1v) is 15.3. The second-order valence-electron chi connectivity index (χ2n) is 10.2. The molecule has 1 aromatic carbocycles. The third-order valence-corrected chi connectivity index (χ3v) is 9.85. The van der Waals surface area contributed by atoms with Crippen LogP contribution >= 0.6 is 22.7 Å². The maximum Gasteiger partial charge on any atom is 0.338 e. The van der Waals surface area contributed by atoms with Gasteiger partial charge >= 0.3 is 5.97 Å². The second-order valence-corrected chi connectivity index (χ2v) is 12.4. The fourth-order valence-electron chi connectivity index (χ4n) is 5.42. The molecule has 1 aliphatic rings. The van der Waals surface area contributed by atoms with Crippen LogP contribution in [-0.2, 0) is 9.53 Å². The van der Waals surface area contributed by atoms with Gasteiger partial charge in [-0.15, -0.1) is 11.3 Å². The Bertz CT molecular complexity index is 2030. The van der Waals surface area contributed by atoms with E-state index < -0.39 is 12.0 Å². The smallest absolute Gasteiger partial charge is 0.338 e. The van der Waals surface area contributed by atoms with Gasteiger partial charge in [-0.2, -0.15) is 5.26 Å². The van der Waals surface area contributed by atoms with E-state index in [1.165, 1.54) is 18.4 Å². The lowest BCUT2D eigenvalue weighted by atomic mass is 9.95. The third-order valence-electron chi connectivity index (χ3n) is 7.68. The van der Waals surface area contributed by atoms with Crippen molar-refractivity contribution in [2.24, 2.45) is 4.99 Å². The minimum Gasteiger partial charge on any atom is -0.493 e. The summed E-state index contributed by atoms with van der Waals surface area (Å²) in [5.41, 5.74) is 5.53. The average Bonchev–Trinajstić information content (AvgIpc) is 3.55. The van der Waals surface area contributed by atoms with Gasteiger partial charge in [-0.25, -0.2) is 9.79 Å². The van der Waals surface area contributed by atoms with Gasteiger partial charge in [0.2, 0.25) is 0 Å². The Hall–Kier alpha value is -4.40. The molecule has 43 heavy (non-hydrogen) atoms. The van der Waals surface area contributed by atoms with Crippen LogP contribution < -0.4 is 24.4 Å². The maximum absolute atomic E-state index is 14.1. The van der Waals surface area contributed by atoms with E-state index in [-0.39, 0.29) is 12.2 Å². The third kappa shape index (κ3) is 5.00. The molecule has 5 rings (SSSR count). The minimum absolute atomic E-state index is 0.186. The molecule has 4 heterocycles. The molecule has 0 spiro atoms. The van der Waals surface area contributed by atoms with Crippen LogP contribution in [-0.4, -0.2) is 35.9 Å². The van der Waals surface area contributed by atoms with E-state index in [9.17, 15) is 14.9 Å². The van der Waals surface area contributed by atoms with E-state index in [1.54, 1.807) is 49.0 Å². The fourth-order valence-corrected chi connectivity index (χ4v) is 7.67. The number of hydrogen-bond acceptors (Lipinski definition) is 9. The lowest BCUT2D eigenvalue weighted by molar-refractivity contribution is -0.139. The maximum atomic E-state index is 14.1. The Balaban J connectivity index is 1.72. The summed E-state index contributed by atoms with van der Waals surface area (Å²) in [6.07, 6.45) is 1.86. The number of aromatic nitrogens is 2. The number of nitrogens with zero attached hydrogens (tertiary/aromatic N) is 4. The van der Waals surface area contributed by atoms with E-state index in [0.29, 0.717) is 43.2 Å². The van der Waals surface area contributed by atoms with Crippen molar-refractivity contribution < 1.29 is 19.0 Å². The Morgan fingerprint density at radius 3 is 2.47 bits per heavy atom. The first-order valence-electron chi connectivity index (χ1n) is 13.7. The zero-order valence-corrected chi connectivity index (χ0v) is 27.0. The number of nitriles is 1. The van der Waals surface area contributed by atoms with Gasteiger partial charge in [-0.1, -0.05) is 17.4 Å². The summed E-state index contributed by atoms with van der Waals surface area (Å²) in [4.78, 5) is 33.6. The minimum atomic E-state index is -0.778. The van der Waals surface area contributed by atoms with Crippen molar-refractivity contribution >= 4 is 34.7 Å². The predicted octanol–water partition coefficient (Wildman–Crippen LogP) is 4.77. The van der Waals surface area contributed by atoms with Crippen molar-refractivity contribution in [2.45, 2.75) is 47.6 Å². The Morgan fingerprint density at radius 1 is 1.09 bits per heavy atom. The van der Waals surface area contributed by atoms with E-state index in [1.807, 2.05) is 45.9 Å². The summed E-state index contributed by atoms with van der Waals surface area (Å²) < 4.78 is 20.5. The molecule has 0 N–H and O–H groups in total. The molecule has 0 aliphatic carbocycles. The number of rotatable bonds is 7. The highest BCUT2D eigenvalue weighted by molar-refractivity contribution is 7.15. The number of allylic oxidation sites excluding steroid dienone is 1. The quantitative estimate of drug-likeness (QED) is 0.277. The van der Waals surface area contributed by atoms with Gasteiger partial charge in [0.1, 0.15) is 11.1 Å². The molecule has 11 heteroatoms. The van der Waals surface area contributed by atoms with Gasteiger partial charge < -0.3 is 18.8 Å². The van der Waals surface area contributed by atoms with E-state index >= 15 is 0 Å². The van der Waals surface area contributed by atoms with E-state index in [4.69, 9.17) is 14.2 Å². The fraction of sp³-hybridized carbons (Fsp3) is 0.312. The van der Waals surface area contributed by atoms with Crippen LogP contribution in [0.25, 0.3) is 11.1 Å². The number of ether oxygens (including phenoxy) is 3. The zero-order valence-electron chi connectivity index (χ0n) is 25.3. The number of benzene rings is 1. The van der Waals surface area contributed by atoms with Crippen LogP contribution in [0.3, 0.4) is 0 Å². The molecule has 3 aromatic heterocycles. The van der Waals surface area contributed by atoms with Crippen LogP contribution in [0.15, 0.2) is 45.3 Å². The first kappa shape index (κ1) is 30.1. The molecule has 0 bridgehead atoms. The monoisotopic (exact) mass is 616 g/mol. The average molecular weight is 617 g/mol. The summed E-state index contributed by atoms with van der Waals surface area (Å²) in [6.45, 7) is 11.6. The van der Waals surface area contributed by atoms with Crippen molar-refractivity contribution in [3.63, 3.8) is 0 Å². The molecule has 0 amide bonds. The predicted molar refractivity (Wildman–Crippen MR) is 167 cm³/mol. The van der Waals surface area contributed by atoms with E-state index in [2.05, 4.69) is 15.6 Å². The first-order chi connectivity index (χ1) is 20.6. The summed E-state index contributed by atoms with van der Waals surface area (Å²) in [6, 6.07) is 8.92. The Morgan fingerprint density at radius 2 is 1.81 bits per heavy atom. The van der Waals surface area contributed by atoms with Gasteiger partial charge in [0.25, 0.3) is 5.56 Å². The van der Waals surface area contributed by atoms with Crippen LogP contribution in [0.5, 0.6) is 11.5 Å². The summed E-state index contributed by atoms with van der Waals surface area (Å²) in [7, 11) is 3.09. The Labute approximate surface area is 257 Å². The molecule has 0 saturated carbocycles. The molecule has 0 fully saturated rings. The normalized spacial score (nSPS) is 14.8. The number of carbonyl (C=O) groups excluding carboxylic acids is 1. The Kier molecular flexibility index (Phi) is 8.18. The summed E-state index contributed by atoms with van der Waals surface area (Å²) >= 11 is 2.85. The summed E-state index contributed by atoms with van der Waals surface area (Å²) in [5.74, 6) is 0.475. The number of carbonyl (C=O) groups is 1. The van der Waals surface area contributed by atoms with E-state index in [0.717, 1.165) is 32.4 Å². The molecule has 0 radical (unpaired) electrons. The van der Waals surface area contributed by atoms with Crippen molar-refractivity contribution in [1.29, 1.82) is 5.26 Å². The lowest BCUT2D eigenvalue weighted by Gasteiger charge is -2.25. The van der Waals surface area contributed by atoms with Crippen LogP contribution in [0, 0.1) is 39.0 Å². The van der Waals surface area contributed by atoms with Gasteiger partial charge in [-0.3, -0.25) is 9.36 Å². The van der Waals surface area contributed by atoms with Crippen molar-refractivity contribution in [3.05, 3.63) is 93.7 Å².